The maximum atomic E-state index is 12.4. The normalized spacial score (nSPS) is 14.9. The molecule has 1 N–H and O–H groups in total. The molecule has 4 nitrogen and oxygen atoms in total. The molecule has 5 heteroatoms. The zero-order valence-electron chi connectivity index (χ0n) is 13.8. The summed E-state index contributed by atoms with van der Waals surface area (Å²) in [7, 11) is 0. The largest absolute Gasteiger partial charge is 0.310 e. The van der Waals surface area contributed by atoms with Gasteiger partial charge in [-0.1, -0.05) is 25.1 Å². The second kappa shape index (κ2) is 6.49. The highest BCUT2D eigenvalue weighted by molar-refractivity contribution is 7.19. The topological polar surface area (TPSA) is 49.0 Å². The Morgan fingerprint density at radius 1 is 1.33 bits per heavy atom. The van der Waals surface area contributed by atoms with Gasteiger partial charge in [0.15, 0.2) is 0 Å². The number of hydrogen-bond donors (Lipinski definition) is 1. The molecular formula is C19H21N3OS. The fourth-order valence-electron chi connectivity index (χ4n) is 3.36. The molecule has 0 saturated heterocycles. The molecule has 1 aromatic carbocycles. The Balaban J connectivity index is 1.54. The molecule has 0 aliphatic carbocycles. The van der Waals surface area contributed by atoms with Crippen LogP contribution in [-0.4, -0.2) is 21.4 Å². The van der Waals surface area contributed by atoms with Crippen LogP contribution < -0.4 is 5.56 Å². The lowest BCUT2D eigenvalue weighted by Crippen LogP contribution is -2.35. The van der Waals surface area contributed by atoms with Gasteiger partial charge in [0.05, 0.1) is 11.3 Å². The van der Waals surface area contributed by atoms with Gasteiger partial charge in [-0.25, -0.2) is 4.98 Å². The minimum atomic E-state index is 0.0458. The zero-order valence-corrected chi connectivity index (χ0v) is 14.7. The fourth-order valence-corrected chi connectivity index (χ4v) is 4.46. The monoisotopic (exact) mass is 339 g/mol. The second-order valence-corrected chi connectivity index (χ2v) is 7.57. The van der Waals surface area contributed by atoms with E-state index in [4.69, 9.17) is 0 Å². The number of thiophene rings is 1. The van der Waals surface area contributed by atoms with E-state index in [1.807, 2.05) is 11.3 Å². The SMILES string of the molecule is CCCc1nc2c(c(=O)[nH]1)CN(Cc1cc3ccccc3s1)CC2. The van der Waals surface area contributed by atoms with Gasteiger partial charge in [0.25, 0.3) is 5.56 Å². The number of nitrogens with one attached hydrogen (secondary N) is 1. The first-order chi connectivity index (χ1) is 11.7. The molecule has 0 saturated carbocycles. The van der Waals surface area contributed by atoms with E-state index in [0.29, 0.717) is 6.54 Å². The van der Waals surface area contributed by atoms with E-state index in [1.54, 1.807) is 0 Å². The third-order valence-corrected chi connectivity index (χ3v) is 5.64. The van der Waals surface area contributed by atoms with Crippen LogP contribution in [0.4, 0.5) is 0 Å². The van der Waals surface area contributed by atoms with Crippen molar-refractivity contribution in [2.24, 2.45) is 0 Å². The second-order valence-electron chi connectivity index (χ2n) is 6.40. The lowest BCUT2D eigenvalue weighted by atomic mass is 10.1. The molecular weight excluding hydrogens is 318 g/mol. The maximum absolute atomic E-state index is 12.4. The van der Waals surface area contributed by atoms with Crippen LogP contribution in [0.1, 0.15) is 35.3 Å². The fraction of sp³-hybridized carbons (Fsp3) is 0.368. The Morgan fingerprint density at radius 2 is 2.21 bits per heavy atom. The van der Waals surface area contributed by atoms with E-state index in [9.17, 15) is 4.79 Å². The molecule has 2 aromatic heterocycles. The number of aromatic amines is 1. The first kappa shape index (κ1) is 15.5. The molecule has 0 atom stereocenters. The van der Waals surface area contributed by atoms with Crippen molar-refractivity contribution in [3.63, 3.8) is 0 Å². The molecule has 3 aromatic rings. The van der Waals surface area contributed by atoms with E-state index < -0.39 is 0 Å². The van der Waals surface area contributed by atoms with Crippen molar-refractivity contribution < 1.29 is 0 Å². The lowest BCUT2D eigenvalue weighted by molar-refractivity contribution is 0.243. The third-order valence-electron chi connectivity index (χ3n) is 4.54. The van der Waals surface area contributed by atoms with E-state index in [1.165, 1.54) is 15.0 Å². The van der Waals surface area contributed by atoms with Crippen molar-refractivity contribution in [3.8, 4) is 0 Å². The molecule has 0 bridgehead atoms. The first-order valence-electron chi connectivity index (χ1n) is 8.53. The minimum Gasteiger partial charge on any atom is -0.310 e. The van der Waals surface area contributed by atoms with Gasteiger partial charge < -0.3 is 4.98 Å². The summed E-state index contributed by atoms with van der Waals surface area (Å²) < 4.78 is 1.33. The molecule has 0 unspecified atom stereocenters. The number of nitrogens with zero attached hydrogens (tertiary/aromatic N) is 2. The highest BCUT2D eigenvalue weighted by Gasteiger charge is 2.21. The van der Waals surface area contributed by atoms with Crippen LogP contribution in [0.25, 0.3) is 10.1 Å². The molecule has 1 aliphatic rings. The average Bonchev–Trinajstić information content (AvgIpc) is 2.98. The van der Waals surface area contributed by atoms with Crippen molar-refractivity contribution in [2.75, 3.05) is 6.54 Å². The average molecular weight is 339 g/mol. The van der Waals surface area contributed by atoms with Crippen LogP contribution in [0.2, 0.25) is 0 Å². The van der Waals surface area contributed by atoms with Crippen molar-refractivity contribution in [3.05, 3.63) is 62.6 Å². The maximum Gasteiger partial charge on any atom is 0.255 e. The van der Waals surface area contributed by atoms with Crippen LogP contribution >= 0.6 is 11.3 Å². The van der Waals surface area contributed by atoms with Crippen LogP contribution in [0.5, 0.6) is 0 Å². The summed E-state index contributed by atoms with van der Waals surface area (Å²) in [5.74, 6) is 0.833. The molecule has 0 fully saturated rings. The predicted molar refractivity (Wildman–Crippen MR) is 98.5 cm³/mol. The van der Waals surface area contributed by atoms with Crippen LogP contribution in [0, 0.1) is 0 Å². The van der Waals surface area contributed by atoms with Crippen LogP contribution in [0.3, 0.4) is 0 Å². The summed E-state index contributed by atoms with van der Waals surface area (Å²) in [5, 5.41) is 1.30. The van der Waals surface area contributed by atoms with Gasteiger partial charge in [0.1, 0.15) is 5.82 Å². The van der Waals surface area contributed by atoms with Crippen molar-refractivity contribution in [2.45, 2.75) is 39.3 Å². The van der Waals surface area contributed by atoms with Crippen molar-refractivity contribution in [1.29, 1.82) is 0 Å². The smallest absolute Gasteiger partial charge is 0.255 e. The number of aryl methyl sites for hydroxylation is 1. The van der Waals surface area contributed by atoms with Gasteiger partial charge in [-0.15, -0.1) is 11.3 Å². The Hall–Kier alpha value is -1.98. The van der Waals surface area contributed by atoms with Gasteiger partial charge >= 0.3 is 0 Å². The number of H-pyrrole nitrogens is 1. The Morgan fingerprint density at radius 3 is 3.04 bits per heavy atom. The summed E-state index contributed by atoms with van der Waals surface area (Å²) >= 11 is 1.84. The highest BCUT2D eigenvalue weighted by atomic mass is 32.1. The number of aromatic nitrogens is 2. The lowest BCUT2D eigenvalue weighted by Gasteiger charge is -2.27. The summed E-state index contributed by atoms with van der Waals surface area (Å²) in [6.45, 7) is 4.66. The van der Waals surface area contributed by atoms with E-state index in [0.717, 1.165) is 49.4 Å². The van der Waals surface area contributed by atoms with E-state index in [2.05, 4.69) is 52.1 Å². The van der Waals surface area contributed by atoms with Gasteiger partial charge in [-0.2, -0.15) is 0 Å². The van der Waals surface area contributed by atoms with Crippen LogP contribution in [0.15, 0.2) is 35.1 Å². The molecule has 24 heavy (non-hydrogen) atoms. The summed E-state index contributed by atoms with van der Waals surface area (Å²) in [6, 6.07) is 10.7. The van der Waals surface area contributed by atoms with Gasteiger partial charge in [0, 0.05) is 42.1 Å². The molecule has 3 heterocycles. The number of hydrogen-bond acceptors (Lipinski definition) is 4. The molecule has 0 spiro atoms. The molecule has 1 aliphatic heterocycles. The van der Waals surface area contributed by atoms with E-state index in [-0.39, 0.29) is 5.56 Å². The van der Waals surface area contributed by atoms with Gasteiger partial charge in [0.2, 0.25) is 0 Å². The highest BCUT2D eigenvalue weighted by Crippen LogP contribution is 2.27. The third kappa shape index (κ3) is 3.01. The minimum absolute atomic E-state index is 0.0458. The van der Waals surface area contributed by atoms with Crippen molar-refractivity contribution in [1.82, 2.24) is 14.9 Å². The molecule has 0 amide bonds. The Bertz CT molecular complexity index is 895. The number of rotatable bonds is 4. The number of benzene rings is 1. The van der Waals surface area contributed by atoms with Gasteiger partial charge in [-0.05, 0) is 23.9 Å². The van der Waals surface area contributed by atoms with E-state index >= 15 is 0 Å². The summed E-state index contributed by atoms with van der Waals surface area (Å²) in [4.78, 5) is 23.7. The Labute approximate surface area is 145 Å². The molecule has 124 valence electrons. The molecule has 0 radical (unpaired) electrons. The molecule has 4 rings (SSSR count). The standard InChI is InChI=1S/C19H21N3OS/c1-2-5-18-20-16-8-9-22(12-15(16)19(23)21-18)11-14-10-13-6-3-4-7-17(13)24-14/h3-4,6-7,10H,2,5,8-9,11-12H2,1H3,(H,20,21,23). The quantitative estimate of drug-likeness (QED) is 0.791. The zero-order chi connectivity index (χ0) is 16.5. The summed E-state index contributed by atoms with van der Waals surface area (Å²) in [5.41, 5.74) is 1.89. The first-order valence-corrected chi connectivity index (χ1v) is 9.35. The Kier molecular flexibility index (Phi) is 4.21. The van der Waals surface area contributed by atoms with Crippen LogP contribution in [-0.2, 0) is 25.9 Å². The predicted octanol–water partition coefficient (Wildman–Crippen LogP) is 3.50. The summed E-state index contributed by atoms with van der Waals surface area (Å²) in [6.07, 6.45) is 2.70. The van der Waals surface area contributed by atoms with Crippen molar-refractivity contribution >= 4 is 21.4 Å². The number of fused-ring (bicyclic) bond motifs is 2. The van der Waals surface area contributed by atoms with Gasteiger partial charge in [-0.3, -0.25) is 9.69 Å².